The average Bonchev–Trinajstić information content (AvgIpc) is 3.22. The molecular formula is C18H16O2. The molecule has 0 amide bonds. The zero-order valence-corrected chi connectivity index (χ0v) is 11.4. The molecule has 0 saturated carbocycles. The van der Waals surface area contributed by atoms with Gasteiger partial charge in [-0.3, -0.25) is 4.79 Å². The fourth-order valence-electron chi connectivity index (χ4n) is 2.67. The number of rotatable bonds is 4. The lowest BCUT2D eigenvalue weighted by Gasteiger charge is -2.01. The van der Waals surface area contributed by atoms with Crippen LogP contribution in [0.5, 0.6) is 0 Å². The number of carbonyl (C=O) groups excluding carboxylic acids is 1. The van der Waals surface area contributed by atoms with Crippen molar-refractivity contribution in [3.8, 4) is 0 Å². The number of esters is 1. The molecule has 0 unspecified atom stereocenters. The van der Waals surface area contributed by atoms with Crippen molar-refractivity contribution < 1.29 is 9.53 Å². The third-order valence-corrected chi connectivity index (χ3v) is 3.67. The van der Waals surface area contributed by atoms with E-state index in [9.17, 15) is 4.79 Å². The fourth-order valence-corrected chi connectivity index (χ4v) is 2.67. The van der Waals surface area contributed by atoms with Gasteiger partial charge in [0.15, 0.2) is 0 Å². The summed E-state index contributed by atoms with van der Waals surface area (Å²) in [5.41, 5.74) is 4.92. The highest BCUT2D eigenvalue weighted by molar-refractivity contribution is 6.12. The van der Waals surface area contributed by atoms with Crippen LogP contribution in [0.3, 0.4) is 0 Å². The number of ether oxygens (including phenoxy) is 1. The number of methoxy groups -OCH3 is 1. The Labute approximate surface area is 118 Å². The zero-order valence-electron chi connectivity index (χ0n) is 11.4. The molecule has 20 heavy (non-hydrogen) atoms. The van der Waals surface area contributed by atoms with E-state index in [4.69, 9.17) is 4.74 Å². The molecular weight excluding hydrogens is 248 g/mol. The lowest BCUT2D eigenvalue weighted by molar-refractivity contribution is -0.140. The lowest BCUT2D eigenvalue weighted by Crippen LogP contribution is -2.02. The van der Waals surface area contributed by atoms with Crippen molar-refractivity contribution >= 4 is 17.1 Å². The Bertz CT molecular complexity index is 592. The van der Waals surface area contributed by atoms with Crippen LogP contribution >= 0.6 is 0 Å². The van der Waals surface area contributed by atoms with Crippen molar-refractivity contribution in [3.63, 3.8) is 0 Å². The molecule has 0 aliphatic heterocycles. The second-order valence-corrected chi connectivity index (χ2v) is 4.89. The van der Waals surface area contributed by atoms with E-state index >= 15 is 0 Å². The van der Waals surface area contributed by atoms with E-state index in [0.29, 0.717) is 6.42 Å². The number of hydrogen-bond acceptors (Lipinski definition) is 2. The minimum absolute atomic E-state index is 0.158. The monoisotopic (exact) mass is 264 g/mol. The Morgan fingerprint density at radius 1 is 0.900 bits per heavy atom. The van der Waals surface area contributed by atoms with Gasteiger partial charge in [-0.15, -0.1) is 0 Å². The van der Waals surface area contributed by atoms with Gasteiger partial charge in [0.2, 0.25) is 0 Å². The summed E-state index contributed by atoms with van der Waals surface area (Å²) in [6.07, 6.45) is 0.422. The second kappa shape index (κ2) is 5.33. The molecule has 0 atom stereocenters. The SMILES string of the molecule is COC(=O)CC1C(c2ccccc2)=C1c1ccccc1. The predicted molar refractivity (Wildman–Crippen MR) is 79.8 cm³/mol. The summed E-state index contributed by atoms with van der Waals surface area (Å²) >= 11 is 0. The van der Waals surface area contributed by atoms with Crippen molar-refractivity contribution in [1.82, 2.24) is 0 Å². The number of benzene rings is 2. The van der Waals surface area contributed by atoms with E-state index < -0.39 is 0 Å². The lowest BCUT2D eigenvalue weighted by atomic mass is 10.1. The van der Waals surface area contributed by atoms with E-state index in [1.54, 1.807) is 0 Å². The van der Waals surface area contributed by atoms with Gasteiger partial charge in [-0.1, -0.05) is 60.7 Å². The molecule has 0 saturated heterocycles. The summed E-state index contributed by atoms with van der Waals surface area (Å²) in [6, 6.07) is 20.5. The molecule has 1 aliphatic rings. The standard InChI is InChI=1S/C18H16O2/c1-20-16(19)12-15-17(13-8-4-2-5-9-13)18(15)14-10-6-3-7-11-14/h2-11,15H,12H2,1H3. The quantitative estimate of drug-likeness (QED) is 0.785. The fraction of sp³-hybridized carbons (Fsp3) is 0.167. The Kier molecular flexibility index (Phi) is 3.38. The average molecular weight is 264 g/mol. The van der Waals surface area contributed by atoms with E-state index in [1.165, 1.54) is 29.4 Å². The maximum Gasteiger partial charge on any atom is 0.306 e. The number of allylic oxidation sites excluding steroid dienone is 2. The Morgan fingerprint density at radius 3 is 1.75 bits per heavy atom. The molecule has 3 rings (SSSR count). The van der Waals surface area contributed by atoms with Crippen LogP contribution in [0.4, 0.5) is 0 Å². The Morgan fingerprint density at radius 2 is 1.35 bits per heavy atom. The van der Waals surface area contributed by atoms with Crippen LogP contribution in [0.1, 0.15) is 17.5 Å². The topological polar surface area (TPSA) is 26.3 Å². The van der Waals surface area contributed by atoms with Crippen molar-refractivity contribution in [2.75, 3.05) is 7.11 Å². The van der Waals surface area contributed by atoms with Gasteiger partial charge in [-0.05, 0) is 22.3 Å². The molecule has 0 radical (unpaired) electrons. The van der Waals surface area contributed by atoms with Crippen LogP contribution in [0, 0.1) is 5.92 Å². The van der Waals surface area contributed by atoms with Crippen LogP contribution in [0.25, 0.3) is 11.1 Å². The molecule has 0 spiro atoms. The molecule has 100 valence electrons. The Hall–Kier alpha value is -2.35. The van der Waals surface area contributed by atoms with Crippen LogP contribution in [0.15, 0.2) is 60.7 Å². The maximum atomic E-state index is 11.6. The first-order chi connectivity index (χ1) is 9.81. The summed E-state index contributed by atoms with van der Waals surface area (Å²) in [6.45, 7) is 0. The third kappa shape index (κ3) is 2.37. The van der Waals surface area contributed by atoms with Crippen molar-refractivity contribution in [3.05, 3.63) is 71.8 Å². The van der Waals surface area contributed by atoms with Crippen LogP contribution < -0.4 is 0 Å². The van der Waals surface area contributed by atoms with E-state index in [2.05, 4.69) is 24.3 Å². The number of hydrogen-bond donors (Lipinski definition) is 0. The first-order valence-corrected chi connectivity index (χ1v) is 6.73. The third-order valence-electron chi connectivity index (χ3n) is 3.67. The second-order valence-electron chi connectivity index (χ2n) is 4.89. The minimum atomic E-state index is -0.158. The van der Waals surface area contributed by atoms with Gasteiger partial charge in [0.05, 0.1) is 13.5 Å². The highest BCUT2D eigenvalue weighted by Crippen LogP contribution is 2.54. The van der Waals surface area contributed by atoms with Gasteiger partial charge in [0.25, 0.3) is 0 Å². The molecule has 1 aliphatic carbocycles. The van der Waals surface area contributed by atoms with Gasteiger partial charge < -0.3 is 4.74 Å². The summed E-state index contributed by atoms with van der Waals surface area (Å²) in [5.74, 6) is 0.0293. The van der Waals surface area contributed by atoms with E-state index in [-0.39, 0.29) is 11.9 Å². The molecule has 2 nitrogen and oxygen atoms in total. The summed E-state index contributed by atoms with van der Waals surface area (Å²) in [5, 5.41) is 0. The molecule has 0 fully saturated rings. The molecule has 0 N–H and O–H groups in total. The summed E-state index contributed by atoms with van der Waals surface area (Å²) in [7, 11) is 1.44. The van der Waals surface area contributed by atoms with E-state index in [0.717, 1.165) is 0 Å². The van der Waals surface area contributed by atoms with Crippen LogP contribution in [-0.2, 0) is 9.53 Å². The molecule has 0 bridgehead atoms. The molecule has 2 aromatic rings. The van der Waals surface area contributed by atoms with Crippen LogP contribution in [-0.4, -0.2) is 13.1 Å². The largest absolute Gasteiger partial charge is 0.469 e. The maximum absolute atomic E-state index is 11.6. The molecule has 0 aromatic heterocycles. The smallest absolute Gasteiger partial charge is 0.306 e. The van der Waals surface area contributed by atoms with Crippen molar-refractivity contribution in [2.45, 2.75) is 6.42 Å². The van der Waals surface area contributed by atoms with Crippen molar-refractivity contribution in [2.24, 2.45) is 5.92 Å². The molecule has 0 heterocycles. The summed E-state index contributed by atoms with van der Waals surface area (Å²) < 4.78 is 4.80. The van der Waals surface area contributed by atoms with Gasteiger partial charge in [0.1, 0.15) is 0 Å². The molecule has 2 heteroatoms. The molecule has 2 aromatic carbocycles. The first kappa shape index (κ1) is 12.7. The minimum Gasteiger partial charge on any atom is -0.469 e. The summed E-state index contributed by atoms with van der Waals surface area (Å²) in [4.78, 5) is 11.6. The predicted octanol–water partition coefficient (Wildman–Crippen LogP) is 3.79. The highest BCUT2D eigenvalue weighted by atomic mass is 16.5. The van der Waals surface area contributed by atoms with Gasteiger partial charge >= 0.3 is 5.97 Å². The van der Waals surface area contributed by atoms with Gasteiger partial charge in [-0.25, -0.2) is 0 Å². The van der Waals surface area contributed by atoms with E-state index in [1.807, 2.05) is 36.4 Å². The van der Waals surface area contributed by atoms with Gasteiger partial charge in [-0.2, -0.15) is 0 Å². The normalized spacial score (nSPS) is 14.2. The number of carbonyl (C=O) groups is 1. The highest BCUT2D eigenvalue weighted by Gasteiger charge is 2.39. The van der Waals surface area contributed by atoms with Crippen molar-refractivity contribution in [1.29, 1.82) is 0 Å². The van der Waals surface area contributed by atoms with Crippen LogP contribution in [0.2, 0.25) is 0 Å². The van der Waals surface area contributed by atoms with Gasteiger partial charge in [0, 0.05) is 5.92 Å². The Balaban J connectivity index is 1.93. The zero-order chi connectivity index (χ0) is 13.9. The first-order valence-electron chi connectivity index (χ1n) is 6.73.